The molecule has 1 N–H and O–H groups in total. The summed E-state index contributed by atoms with van der Waals surface area (Å²) in [5.74, 6) is 2.22. The molecular formula is C19H30O2. The van der Waals surface area contributed by atoms with Crippen LogP contribution in [-0.4, -0.2) is 12.2 Å². The molecule has 1 aromatic rings. The fraction of sp³-hybridized carbons (Fsp3) is 0.684. The van der Waals surface area contributed by atoms with E-state index in [0.29, 0.717) is 5.92 Å². The molecule has 1 aliphatic carbocycles. The first kappa shape index (κ1) is 16.4. The molecule has 0 saturated heterocycles. The third kappa shape index (κ3) is 4.23. The predicted octanol–water partition coefficient (Wildman–Crippen LogP) is 5.03. The van der Waals surface area contributed by atoms with E-state index in [1.54, 1.807) is 7.11 Å². The lowest BCUT2D eigenvalue weighted by Gasteiger charge is -2.32. The minimum Gasteiger partial charge on any atom is -0.496 e. The highest BCUT2D eigenvalue weighted by Gasteiger charge is 2.27. The first-order chi connectivity index (χ1) is 10.2. The van der Waals surface area contributed by atoms with Crippen molar-refractivity contribution in [3.05, 3.63) is 29.3 Å². The molecule has 2 rings (SSSR count). The quantitative estimate of drug-likeness (QED) is 0.796. The van der Waals surface area contributed by atoms with Crippen molar-refractivity contribution in [1.82, 2.24) is 0 Å². The van der Waals surface area contributed by atoms with Gasteiger partial charge in [0.25, 0.3) is 0 Å². The van der Waals surface area contributed by atoms with E-state index < -0.39 is 0 Å². The Morgan fingerprint density at radius 3 is 2.52 bits per heavy atom. The van der Waals surface area contributed by atoms with Gasteiger partial charge >= 0.3 is 0 Å². The van der Waals surface area contributed by atoms with E-state index in [4.69, 9.17) is 4.74 Å². The number of benzene rings is 1. The normalized spacial score (nSPS) is 23.8. The molecule has 1 fully saturated rings. The van der Waals surface area contributed by atoms with E-state index in [0.717, 1.165) is 22.8 Å². The van der Waals surface area contributed by atoms with Gasteiger partial charge in [0.2, 0.25) is 0 Å². The summed E-state index contributed by atoms with van der Waals surface area (Å²) in [4.78, 5) is 0. The number of hydrogen-bond donors (Lipinski definition) is 1. The molecule has 0 bridgehead atoms. The molecule has 0 radical (unpaired) electrons. The average Bonchev–Trinajstić information content (AvgIpc) is 2.52. The van der Waals surface area contributed by atoms with Gasteiger partial charge in [-0.15, -0.1) is 0 Å². The summed E-state index contributed by atoms with van der Waals surface area (Å²) in [6.45, 7) is 4.30. The predicted molar refractivity (Wildman–Crippen MR) is 87.7 cm³/mol. The van der Waals surface area contributed by atoms with Crippen LogP contribution in [0, 0.1) is 18.8 Å². The van der Waals surface area contributed by atoms with Crippen LogP contribution in [0.5, 0.6) is 5.75 Å². The van der Waals surface area contributed by atoms with Crippen LogP contribution in [-0.2, 0) is 0 Å². The lowest BCUT2D eigenvalue weighted by atomic mass is 9.76. The van der Waals surface area contributed by atoms with Crippen LogP contribution in [0.15, 0.2) is 18.2 Å². The molecule has 2 nitrogen and oxygen atoms in total. The number of unbranched alkanes of at least 4 members (excludes halogenated alkanes) is 1. The van der Waals surface area contributed by atoms with Gasteiger partial charge in [0, 0.05) is 0 Å². The van der Waals surface area contributed by atoms with Crippen molar-refractivity contribution in [3.8, 4) is 5.75 Å². The second-order valence-corrected chi connectivity index (χ2v) is 6.60. The molecule has 0 aliphatic heterocycles. The van der Waals surface area contributed by atoms with Crippen molar-refractivity contribution in [2.45, 2.75) is 64.9 Å². The molecule has 1 saturated carbocycles. The minimum absolute atomic E-state index is 0.318. The zero-order chi connectivity index (χ0) is 15.2. The molecular weight excluding hydrogens is 260 g/mol. The summed E-state index contributed by atoms with van der Waals surface area (Å²) in [5.41, 5.74) is 2.15. The Bertz CT molecular complexity index is 433. The topological polar surface area (TPSA) is 29.5 Å². The molecule has 1 aliphatic rings. The molecule has 1 aromatic carbocycles. The Balaban J connectivity index is 1.92. The first-order valence-corrected chi connectivity index (χ1v) is 8.48. The van der Waals surface area contributed by atoms with Crippen LogP contribution < -0.4 is 4.74 Å². The molecule has 118 valence electrons. The maximum absolute atomic E-state index is 10.7. The summed E-state index contributed by atoms with van der Waals surface area (Å²) in [6, 6.07) is 6.06. The third-order valence-electron chi connectivity index (χ3n) is 5.06. The van der Waals surface area contributed by atoms with Crippen LogP contribution in [0.25, 0.3) is 0 Å². The zero-order valence-corrected chi connectivity index (χ0v) is 13.8. The maximum atomic E-state index is 10.7. The van der Waals surface area contributed by atoms with Crippen LogP contribution in [0.4, 0.5) is 0 Å². The molecule has 0 heterocycles. The van der Waals surface area contributed by atoms with Gasteiger partial charge in [-0.2, -0.15) is 0 Å². The number of aryl methyl sites for hydroxylation is 1. The largest absolute Gasteiger partial charge is 0.496 e. The van der Waals surface area contributed by atoms with Crippen LogP contribution in [0.2, 0.25) is 0 Å². The second-order valence-electron chi connectivity index (χ2n) is 6.60. The SMILES string of the molecule is CCCCC1CCC(C(O)c2ccc(OC)c(C)c2)CC1. The van der Waals surface area contributed by atoms with Gasteiger partial charge in [0.05, 0.1) is 13.2 Å². The molecule has 1 unspecified atom stereocenters. The fourth-order valence-electron chi connectivity index (χ4n) is 3.64. The van der Waals surface area contributed by atoms with Crippen molar-refractivity contribution >= 4 is 0 Å². The molecule has 21 heavy (non-hydrogen) atoms. The maximum Gasteiger partial charge on any atom is 0.121 e. The molecule has 2 heteroatoms. The summed E-state index contributed by atoms with van der Waals surface area (Å²) in [6.07, 6.45) is 8.63. The number of rotatable bonds is 6. The van der Waals surface area contributed by atoms with Crippen molar-refractivity contribution in [1.29, 1.82) is 0 Å². The van der Waals surface area contributed by atoms with Gasteiger partial charge in [-0.3, -0.25) is 0 Å². The Hall–Kier alpha value is -1.02. The van der Waals surface area contributed by atoms with E-state index in [1.807, 2.05) is 19.1 Å². The van der Waals surface area contributed by atoms with E-state index in [2.05, 4.69) is 13.0 Å². The number of hydrogen-bond acceptors (Lipinski definition) is 2. The minimum atomic E-state index is -0.318. The summed E-state index contributed by atoms with van der Waals surface area (Å²) in [7, 11) is 1.69. The van der Waals surface area contributed by atoms with Gasteiger partial charge in [0.1, 0.15) is 5.75 Å². The Morgan fingerprint density at radius 1 is 1.24 bits per heavy atom. The molecule has 0 spiro atoms. The average molecular weight is 290 g/mol. The number of ether oxygens (including phenoxy) is 1. The van der Waals surface area contributed by atoms with E-state index in [9.17, 15) is 5.11 Å². The van der Waals surface area contributed by atoms with Crippen molar-refractivity contribution in [2.75, 3.05) is 7.11 Å². The van der Waals surface area contributed by atoms with Crippen LogP contribution >= 0.6 is 0 Å². The second kappa shape index (κ2) is 7.84. The highest BCUT2D eigenvalue weighted by Crippen LogP contribution is 2.39. The number of methoxy groups -OCH3 is 1. The Kier molecular flexibility index (Phi) is 6.10. The standard InChI is InChI=1S/C19H30O2/c1-4-5-6-15-7-9-16(10-8-15)19(20)17-11-12-18(21-3)14(2)13-17/h11-13,15-16,19-20H,4-10H2,1-3H3. The van der Waals surface area contributed by atoms with E-state index in [1.165, 1.54) is 44.9 Å². The number of aliphatic hydroxyl groups is 1. The van der Waals surface area contributed by atoms with Crippen molar-refractivity contribution in [2.24, 2.45) is 11.8 Å². The third-order valence-corrected chi connectivity index (χ3v) is 5.06. The monoisotopic (exact) mass is 290 g/mol. The Labute approximate surface area is 129 Å². The van der Waals surface area contributed by atoms with Gasteiger partial charge in [-0.1, -0.05) is 45.1 Å². The summed E-state index contributed by atoms with van der Waals surface area (Å²) < 4.78 is 5.30. The summed E-state index contributed by atoms with van der Waals surface area (Å²) >= 11 is 0. The van der Waals surface area contributed by atoms with Gasteiger partial charge in [-0.05, 0) is 54.9 Å². The van der Waals surface area contributed by atoms with Crippen LogP contribution in [0.1, 0.15) is 69.1 Å². The molecule has 0 amide bonds. The van der Waals surface area contributed by atoms with Gasteiger partial charge in [-0.25, -0.2) is 0 Å². The highest BCUT2D eigenvalue weighted by atomic mass is 16.5. The lowest BCUT2D eigenvalue weighted by molar-refractivity contribution is 0.0719. The lowest BCUT2D eigenvalue weighted by Crippen LogP contribution is -2.20. The van der Waals surface area contributed by atoms with Crippen molar-refractivity contribution < 1.29 is 9.84 Å². The van der Waals surface area contributed by atoms with Crippen LogP contribution in [0.3, 0.4) is 0 Å². The van der Waals surface area contributed by atoms with Gasteiger partial charge in [0.15, 0.2) is 0 Å². The van der Waals surface area contributed by atoms with Crippen molar-refractivity contribution in [3.63, 3.8) is 0 Å². The Morgan fingerprint density at radius 2 is 1.95 bits per heavy atom. The fourth-order valence-corrected chi connectivity index (χ4v) is 3.64. The molecule has 1 atom stereocenters. The zero-order valence-electron chi connectivity index (χ0n) is 13.8. The van der Waals surface area contributed by atoms with Gasteiger partial charge < -0.3 is 9.84 Å². The van der Waals surface area contributed by atoms with E-state index in [-0.39, 0.29) is 6.10 Å². The highest BCUT2D eigenvalue weighted by molar-refractivity contribution is 5.37. The smallest absolute Gasteiger partial charge is 0.121 e. The first-order valence-electron chi connectivity index (χ1n) is 8.48. The summed E-state index contributed by atoms with van der Waals surface area (Å²) in [5, 5.41) is 10.7. The van der Waals surface area contributed by atoms with E-state index >= 15 is 0 Å². The molecule has 0 aromatic heterocycles. The number of aliphatic hydroxyl groups excluding tert-OH is 1.